The summed E-state index contributed by atoms with van der Waals surface area (Å²) in [6.07, 6.45) is 0.206. The summed E-state index contributed by atoms with van der Waals surface area (Å²) < 4.78 is 3.19. The van der Waals surface area contributed by atoms with E-state index in [-0.39, 0.29) is 12.1 Å². The van der Waals surface area contributed by atoms with Crippen LogP contribution in [0.1, 0.15) is 12.5 Å². The largest absolute Gasteiger partial charge is 0.480 e. The summed E-state index contributed by atoms with van der Waals surface area (Å²) in [4.78, 5) is 22.6. The zero-order valence-electron chi connectivity index (χ0n) is 9.76. The Hall–Kier alpha value is -1.88. The maximum Gasteiger partial charge on any atom is 0.326 e. The van der Waals surface area contributed by atoms with Crippen LogP contribution < -0.4 is 5.32 Å². The van der Waals surface area contributed by atoms with Crippen molar-refractivity contribution < 1.29 is 14.7 Å². The summed E-state index contributed by atoms with van der Waals surface area (Å²) in [6.45, 7) is 1.41. The van der Waals surface area contributed by atoms with Crippen LogP contribution in [0.3, 0.4) is 0 Å². The van der Waals surface area contributed by atoms with Crippen molar-refractivity contribution in [2.24, 2.45) is 4.51 Å². The minimum absolute atomic E-state index is 0.0241. The van der Waals surface area contributed by atoms with E-state index in [0.29, 0.717) is 0 Å². The predicted molar refractivity (Wildman–Crippen MR) is 68.7 cm³/mol. The first-order valence-corrected chi connectivity index (χ1v) is 5.61. The zero-order chi connectivity index (χ0) is 13.5. The van der Waals surface area contributed by atoms with Gasteiger partial charge in [0.05, 0.1) is 0 Å². The molecular weight excluding hydrogens is 256 g/mol. The first-order valence-electron chi connectivity index (χ1n) is 5.27. The van der Waals surface area contributed by atoms with Gasteiger partial charge in [-0.3, -0.25) is 4.79 Å². The van der Waals surface area contributed by atoms with E-state index in [4.69, 9.17) is 16.9 Å². The summed E-state index contributed by atoms with van der Waals surface area (Å²) in [6, 6.07) is 8.04. The number of carbonyl (C=O) groups excluding carboxylic acids is 1. The second-order valence-corrected chi connectivity index (χ2v) is 3.89. The fourth-order valence-electron chi connectivity index (χ4n) is 1.35. The highest BCUT2D eigenvalue weighted by atomic mass is 35.5. The lowest BCUT2D eigenvalue weighted by Gasteiger charge is -2.14. The normalized spacial score (nSPS) is 12.9. The van der Waals surface area contributed by atoms with Crippen LogP contribution in [0, 0.1) is 0 Å². The predicted octanol–water partition coefficient (Wildman–Crippen LogP) is 1.41. The van der Waals surface area contributed by atoms with Crippen LogP contribution in [-0.2, 0) is 16.0 Å². The van der Waals surface area contributed by atoms with Gasteiger partial charge in [-0.2, -0.15) is 4.51 Å². The molecule has 96 valence electrons. The van der Waals surface area contributed by atoms with Crippen LogP contribution in [0.5, 0.6) is 0 Å². The van der Waals surface area contributed by atoms with Gasteiger partial charge in [0.25, 0.3) is 5.91 Å². The Bertz CT molecular complexity index is 460. The Balaban J connectivity index is 2.73. The van der Waals surface area contributed by atoms with E-state index in [2.05, 4.69) is 9.83 Å². The number of aliphatic carboxylic acids is 1. The molecule has 0 fully saturated rings. The standard InChI is InChI=1S/C12H13ClN2O3/c1-8(15-13)11(16)14-10(12(17)18)7-9-5-3-2-4-6-9/h2-6,10H,7H2,1H3,(H,14,16)(H,17,18)/t10-/m0/s1. The Kier molecular flexibility index (Phi) is 5.32. The van der Waals surface area contributed by atoms with Crippen LogP contribution in [0.15, 0.2) is 34.8 Å². The molecule has 1 aromatic rings. The molecule has 1 amide bonds. The van der Waals surface area contributed by atoms with Gasteiger partial charge in [0, 0.05) is 18.2 Å². The molecule has 0 aromatic heterocycles. The first kappa shape index (κ1) is 14.2. The van der Waals surface area contributed by atoms with Crippen LogP contribution in [0.4, 0.5) is 0 Å². The highest BCUT2D eigenvalue weighted by Crippen LogP contribution is 2.03. The molecule has 0 saturated heterocycles. The second kappa shape index (κ2) is 6.76. The molecule has 0 aliphatic heterocycles. The highest BCUT2D eigenvalue weighted by molar-refractivity contribution is 6.42. The Morgan fingerprint density at radius 3 is 2.50 bits per heavy atom. The van der Waals surface area contributed by atoms with E-state index in [1.165, 1.54) is 6.92 Å². The molecule has 1 aromatic carbocycles. The van der Waals surface area contributed by atoms with Crippen molar-refractivity contribution in [3.63, 3.8) is 0 Å². The molecule has 0 heterocycles. The molecule has 0 unspecified atom stereocenters. The third-order valence-corrected chi connectivity index (χ3v) is 2.59. The minimum atomic E-state index is -1.10. The van der Waals surface area contributed by atoms with Gasteiger partial charge in [0.1, 0.15) is 11.8 Å². The van der Waals surface area contributed by atoms with Crippen LogP contribution in [0.25, 0.3) is 0 Å². The van der Waals surface area contributed by atoms with Gasteiger partial charge < -0.3 is 10.4 Å². The monoisotopic (exact) mass is 268 g/mol. The van der Waals surface area contributed by atoms with Crippen molar-refractivity contribution in [2.45, 2.75) is 19.4 Å². The third-order valence-electron chi connectivity index (χ3n) is 2.34. The van der Waals surface area contributed by atoms with Gasteiger partial charge in [0.15, 0.2) is 0 Å². The Morgan fingerprint density at radius 2 is 2.00 bits per heavy atom. The van der Waals surface area contributed by atoms with E-state index >= 15 is 0 Å². The van der Waals surface area contributed by atoms with Crippen molar-refractivity contribution in [1.29, 1.82) is 0 Å². The Labute approximate surface area is 110 Å². The molecule has 0 aliphatic carbocycles. The molecule has 0 bridgehead atoms. The van der Waals surface area contributed by atoms with Crippen molar-refractivity contribution in [3.8, 4) is 0 Å². The SMILES string of the molecule is CC(=NCl)C(=O)N[C@@H](Cc1ccccc1)C(=O)O. The van der Waals surface area contributed by atoms with Gasteiger partial charge in [-0.05, 0) is 12.5 Å². The fourth-order valence-corrected chi connectivity index (χ4v) is 1.43. The molecular formula is C12H13ClN2O3. The van der Waals surface area contributed by atoms with Crippen molar-refractivity contribution in [1.82, 2.24) is 5.32 Å². The van der Waals surface area contributed by atoms with E-state index in [9.17, 15) is 9.59 Å². The summed E-state index contributed by atoms with van der Waals surface area (Å²) >= 11 is 5.15. The second-order valence-electron chi connectivity index (χ2n) is 3.72. The van der Waals surface area contributed by atoms with E-state index in [0.717, 1.165) is 5.56 Å². The molecule has 6 heteroatoms. The van der Waals surface area contributed by atoms with E-state index in [1.54, 1.807) is 12.1 Å². The van der Waals surface area contributed by atoms with Gasteiger partial charge in [-0.1, -0.05) is 30.3 Å². The summed E-state index contributed by atoms with van der Waals surface area (Å²) in [5.74, 6) is -1.69. The number of carboxylic acids is 1. The number of hydrogen-bond donors (Lipinski definition) is 2. The highest BCUT2D eigenvalue weighted by Gasteiger charge is 2.21. The summed E-state index contributed by atoms with van der Waals surface area (Å²) in [5, 5.41) is 11.4. The average molecular weight is 269 g/mol. The molecule has 2 N–H and O–H groups in total. The number of nitrogens with one attached hydrogen (secondary N) is 1. The lowest BCUT2D eigenvalue weighted by atomic mass is 10.1. The maximum absolute atomic E-state index is 11.5. The number of carbonyl (C=O) groups is 2. The molecule has 1 atom stereocenters. The summed E-state index contributed by atoms with van der Waals surface area (Å²) in [7, 11) is 0. The smallest absolute Gasteiger partial charge is 0.326 e. The maximum atomic E-state index is 11.5. The van der Waals surface area contributed by atoms with Crippen molar-refractivity contribution in [3.05, 3.63) is 35.9 Å². The van der Waals surface area contributed by atoms with Crippen molar-refractivity contribution >= 4 is 29.4 Å². The number of rotatable bonds is 5. The number of carboxylic acid groups (broad SMARTS) is 1. The molecule has 0 aliphatic rings. The first-order chi connectivity index (χ1) is 8.54. The molecule has 0 saturated carbocycles. The molecule has 18 heavy (non-hydrogen) atoms. The fraction of sp³-hybridized carbons (Fsp3) is 0.250. The lowest BCUT2D eigenvalue weighted by molar-refractivity contribution is -0.141. The van der Waals surface area contributed by atoms with E-state index < -0.39 is 17.9 Å². The zero-order valence-corrected chi connectivity index (χ0v) is 10.5. The molecule has 0 spiro atoms. The topological polar surface area (TPSA) is 78.8 Å². The molecule has 0 radical (unpaired) electrons. The number of benzene rings is 1. The number of halogens is 1. The van der Waals surface area contributed by atoms with Gasteiger partial charge in [-0.15, -0.1) is 0 Å². The lowest BCUT2D eigenvalue weighted by Crippen LogP contribution is -2.44. The van der Waals surface area contributed by atoms with Gasteiger partial charge in [-0.25, -0.2) is 4.79 Å². The summed E-state index contributed by atoms with van der Waals surface area (Å²) in [5.41, 5.74) is 0.849. The van der Waals surface area contributed by atoms with Crippen molar-refractivity contribution in [2.75, 3.05) is 0 Å². The average Bonchev–Trinajstić information content (AvgIpc) is 2.37. The number of amides is 1. The van der Waals surface area contributed by atoms with Crippen LogP contribution in [0.2, 0.25) is 0 Å². The molecule has 1 rings (SSSR count). The van der Waals surface area contributed by atoms with Crippen LogP contribution in [-0.4, -0.2) is 28.7 Å². The minimum Gasteiger partial charge on any atom is -0.480 e. The van der Waals surface area contributed by atoms with Gasteiger partial charge in [0.2, 0.25) is 0 Å². The number of hydrogen-bond acceptors (Lipinski definition) is 3. The quantitative estimate of drug-likeness (QED) is 0.793. The van der Waals surface area contributed by atoms with E-state index in [1.807, 2.05) is 18.2 Å². The van der Waals surface area contributed by atoms with Crippen LogP contribution >= 0.6 is 11.8 Å². The van der Waals surface area contributed by atoms with Gasteiger partial charge >= 0.3 is 5.97 Å². The third kappa shape index (κ3) is 4.18. The number of nitrogens with zero attached hydrogens (tertiary/aromatic N) is 1. The molecule has 5 nitrogen and oxygen atoms in total. The Morgan fingerprint density at radius 1 is 1.39 bits per heavy atom.